The highest BCUT2D eigenvalue weighted by Gasteiger charge is 2.22. The second-order valence-electron chi connectivity index (χ2n) is 9.62. The highest BCUT2D eigenvalue weighted by molar-refractivity contribution is 9.11. The molecule has 0 fully saturated rings. The van der Waals surface area contributed by atoms with Gasteiger partial charge in [-0.1, -0.05) is 63.1 Å². The van der Waals surface area contributed by atoms with Gasteiger partial charge < -0.3 is 14.0 Å². The van der Waals surface area contributed by atoms with Crippen molar-refractivity contribution in [3.8, 4) is 16.9 Å². The van der Waals surface area contributed by atoms with Crippen LogP contribution in [0.15, 0.2) is 81.9 Å². The van der Waals surface area contributed by atoms with Gasteiger partial charge in [0, 0.05) is 29.4 Å². The molecule has 0 aliphatic carbocycles. The van der Waals surface area contributed by atoms with Gasteiger partial charge in [-0.3, -0.25) is 4.79 Å². The lowest BCUT2D eigenvalue weighted by Crippen LogP contribution is -2.28. The minimum atomic E-state index is -0.0366. The van der Waals surface area contributed by atoms with Crippen molar-refractivity contribution in [3.63, 3.8) is 0 Å². The highest BCUT2D eigenvalue weighted by atomic mass is 79.9. The number of carbonyl (C=O) groups excluding carboxylic acids is 1. The molecule has 0 N–H and O–H groups in total. The number of nitrogens with zero attached hydrogens (tertiary/aromatic N) is 2. The van der Waals surface area contributed by atoms with Crippen molar-refractivity contribution in [2.45, 2.75) is 46.0 Å². The van der Waals surface area contributed by atoms with Crippen LogP contribution in [0.4, 0.5) is 0 Å². The van der Waals surface area contributed by atoms with Crippen molar-refractivity contribution in [1.29, 1.82) is 0 Å². The second-order valence-corrected chi connectivity index (χ2v) is 11.3. The van der Waals surface area contributed by atoms with E-state index in [4.69, 9.17) is 4.74 Å². The Morgan fingerprint density at radius 2 is 1.47 bits per heavy atom. The number of aromatic nitrogens is 1. The lowest BCUT2D eigenvalue weighted by atomic mass is 10.0. The summed E-state index contributed by atoms with van der Waals surface area (Å²) in [6.07, 6.45) is 7.82. The predicted molar refractivity (Wildman–Crippen MR) is 164 cm³/mol. The first-order chi connectivity index (χ1) is 18.5. The van der Waals surface area contributed by atoms with Crippen LogP contribution in [0.5, 0.6) is 5.75 Å². The molecule has 4 nitrogen and oxygen atoms in total. The van der Waals surface area contributed by atoms with Crippen LogP contribution >= 0.6 is 31.9 Å². The van der Waals surface area contributed by atoms with Gasteiger partial charge in [0.2, 0.25) is 5.78 Å². The average Bonchev–Trinajstić information content (AvgIpc) is 3.33. The molecule has 2 aromatic heterocycles. The zero-order valence-electron chi connectivity index (χ0n) is 22.3. The summed E-state index contributed by atoms with van der Waals surface area (Å²) in [6, 6.07) is 21.9. The van der Waals surface area contributed by atoms with E-state index in [9.17, 15) is 4.79 Å². The first-order valence-corrected chi connectivity index (χ1v) is 15.2. The van der Waals surface area contributed by atoms with E-state index in [0.717, 1.165) is 57.4 Å². The van der Waals surface area contributed by atoms with E-state index in [1.165, 1.54) is 25.7 Å². The van der Waals surface area contributed by atoms with Crippen molar-refractivity contribution < 1.29 is 9.53 Å². The maximum absolute atomic E-state index is 13.9. The lowest BCUT2D eigenvalue weighted by Gasteiger charge is -2.22. The van der Waals surface area contributed by atoms with E-state index < -0.39 is 0 Å². The summed E-state index contributed by atoms with van der Waals surface area (Å²) < 4.78 is 9.69. The first kappa shape index (κ1) is 28.6. The molecule has 6 heteroatoms. The number of benzene rings is 2. The Labute approximate surface area is 243 Å². The van der Waals surface area contributed by atoms with Gasteiger partial charge in [0.15, 0.2) is 0 Å². The van der Waals surface area contributed by atoms with Crippen LogP contribution < -0.4 is 4.74 Å². The molecule has 0 radical (unpaired) electrons. The zero-order valence-corrected chi connectivity index (χ0v) is 25.4. The number of unbranched alkanes of at least 4 members (excludes halogenated alkanes) is 2. The molecule has 4 aromatic rings. The molecule has 0 amide bonds. The van der Waals surface area contributed by atoms with Crippen LogP contribution in [-0.2, 0) is 0 Å². The highest BCUT2D eigenvalue weighted by Crippen LogP contribution is 2.37. The molecule has 0 aliphatic heterocycles. The Hall–Kier alpha value is -2.41. The maximum Gasteiger partial charge on any atom is 0.210 e. The summed E-state index contributed by atoms with van der Waals surface area (Å²) in [7, 11) is 0. The van der Waals surface area contributed by atoms with Crippen molar-refractivity contribution in [2.75, 3.05) is 26.2 Å². The van der Waals surface area contributed by atoms with Gasteiger partial charge in [0.25, 0.3) is 0 Å². The summed E-state index contributed by atoms with van der Waals surface area (Å²) in [5.41, 5.74) is 4.18. The minimum absolute atomic E-state index is 0.0366. The Balaban J connectivity index is 1.51. The molecule has 0 aliphatic rings. The number of carbonyl (C=O) groups is 1. The molecule has 2 aromatic carbocycles. The van der Waals surface area contributed by atoms with Crippen molar-refractivity contribution >= 4 is 43.2 Å². The van der Waals surface area contributed by atoms with Crippen LogP contribution in [0, 0.1) is 0 Å². The topological polar surface area (TPSA) is 34.0 Å². The molecule has 38 heavy (non-hydrogen) atoms. The first-order valence-electron chi connectivity index (χ1n) is 13.6. The number of hydrogen-bond acceptors (Lipinski definition) is 3. The molecule has 0 saturated heterocycles. The summed E-state index contributed by atoms with van der Waals surface area (Å²) >= 11 is 7.34. The van der Waals surface area contributed by atoms with Crippen LogP contribution in [-0.4, -0.2) is 41.3 Å². The number of ketones is 1. The van der Waals surface area contributed by atoms with Gasteiger partial charge in [-0.25, -0.2) is 0 Å². The number of halogens is 2. The number of pyridine rings is 1. The maximum atomic E-state index is 13.9. The molecule has 0 spiro atoms. The smallest absolute Gasteiger partial charge is 0.210 e. The van der Waals surface area contributed by atoms with E-state index in [1.807, 2.05) is 71.3 Å². The third kappa shape index (κ3) is 6.96. The molecular weight excluding hydrogens is 604 g/mol. The number of ether oxygens (including phenoxy) is 1. The van der Waals surface area contributed by atoms with Crippen molar-refractivity contribution in [2.24, 2.45) is 0 Å². The number of hydrogen-bond donors (Lipinski definition) is 0. The Bertz CT molecular complexity index is 1320. The number of rotatable bonds is 14. The minimum Gasteiger partial charge on any atom is -0.491 e. The van der Waals surface area contributed by atoms with E-state index in [0.29, 0.717) is 17.9 Å². The van der Waals surface area contributed by atoms with Crippen LogP contribution in [0.25, 0.3) is 16.6 Å². The summed E-state index contributed by atoms with van der Waals surface area (Å²) in [4.78, 5) is 16.5. The molecule has 0 atom stereocenters. The summed E-state index contributed by atoms with van der Waals surface area (Å²) in [6.45, 7) is 8.45. The molecule has 0 saturated carbocycles. The van der Waals surface area contributed by atoms with Crippen molar-refractivity contribution in [3.05, 3.63) is 93.1 Å². The summed E-state index contributed by atoms with van der Waals surface area (Å²) in [5.74, 6) is 0.698. The van der Waals surface area contributed by atoms with E-state index in [-0.39, 0.29) is 5.78 Å². The zero-order chi connectivity index (χ0) is 26.9. The fourth-order valence-corrected chi connectivity index (χ4v) is 6.14. The van der Waals surface area contributed by atoms with Gasteiger partial charge in [0.1, 0.15) is 11.4 Å². The number of fused-ring (bicyclic) bond motifs is 1. The van der Waals surface area contributed by atoms with Crippen LogP contribution in [0.2, 0.25) is 0 Å². The lowest BCUT2D eigenvalue weighted by molar-refractivity contribution is 0.103. The van der Waals surface area contributed by atoms with E-state index in [2.05, 4.69) is 56.7 Å². The second kappa shape index (κ2) is 14.1. The van der Waals surface area contributed by atoms with Gasteiger partial charge in [-0.15, -0.1) is 0 Å². The van der Waals surface area contributed by atoms with Crippen LogP contribution in [0.3, 0.4) is 0 Å². The SMILES string of the molecule is CCCCN(CCCC)CCCOc1c(Br)cc(C(=O)c2c(-c3ccccc3)cc3ccccn23)cc1Br. The van der Waals surface area contributed by atoms with Crippen LogP contribution in [0.1, 0.15) is 62.0 Å². The fourth-order valence-electron chi connectivity index (χ4n) is 4.72. The van der Waals surface area contributed by atoms with E-state index >= 15 is 0 Å². The molecule has 0 bridgehead atoms. The Morgan fingerprint density at radius 1 is 0.842 bits per heavy atom. The van der Waals surface area contributed by atoms with Gasteiger partial charge >= 0.3 is 0 Å². The monoisotopic (exact) mass is 638 g/mol. The van der Waals surface area contributed by atoms with Gasteiger partial charge in [-0.2, -0.15) is 0 Å². The quantitative estimate of drug-likeness (QED) is 0.102. The third-order valence-electron chi connectivity index (χ3n) is 6.76. The summed E-state index contributed by atoms with van der Waals surface area (Å²) in [5, 5.41) is 0. The third-order valence-corrected chi connectivity index (χ3v) is 7.94. The molecule has 4 rings (SSSR count). The Kier molecular flexibility index (Phi) is 10.6. The standard InChI is InChI=1S/C32H36Br2N2O2/c1-3-5-16-35(17-6-4-2)18-12-20-38-32-28(33)21-25(22-29(32)34)31(37)30-27(24-13-8-7-9-14-24)23-26-15-10-11-19-36(26)30/h7-11,13-15,19,21-23H,3-6,12,16-18,20H2,1-2H3. The van der Waals surface area contributed by atoms with E-state index in [1.54, 1.807) is 0 Å². The Morgan fingerprint density at radius 3 is 2.13 bits per heavy atom. The van der Waals surface area contributed by atoms with Gasteiger partial charge in [0.05, 0.1) is 15.6 Å². The largest absolute Gasteiger partial charge is 0.491 e. The molecular formula is C32H36Br2N2O2. The molecule has 200 valence electrons. The fraction of sp³-hybridized carbons (Fsp3) is 0.344. The average molecular weight is 640 g/mol. The molecule has 0 unspecified atom stereocenters. The van der Waals surface area contributed by atoms with Crippen molar-refractivity contribution in [1.82, 2.24) is 9.30 Å². The predicted octanol–water partition coefficient (Wildman–Crippen LogP) is 9.03. The molecule has 2 heterocycles. The van der Waals surface area contributed by atoms with Gasteiger partial charge in [-0.05, 0) is 100 Å². The normalized spacial score (nSPS) is 11.4.